The zero-order chi connectivity index (χ0) is 11.7. The third-order valence-electron chi connectivity index (χ3n) is 2.89. The summed E-state index contributed by atoms with van der Waals surface area (Å²) in [5.41, 5.74) is 2.33. The highest BCUT2D eigenvalue weighted by molar-refractivity contribution is 5.84. The van der Waals surface area contributed by atoms with Crippen LogP contribution in [0, 0.1) is 0 Å². The summed E-state index contributed by atoms with van der Waals surface area (Å²) in [6.45, 7) is 0. The molecule has 2 heterocycles. The van der Waals surface area contributed by atoms with E-state index in [9.17, 15) is 0 Å². The molecule has 0 saturated carbocycles. The Bertz CT molecular complexity index is 625. The SMILES string of the molecule is COc1ccc2[nH]cc(Cc3ncc[nH]3)c2c1. The van der Waals surface area contributed by atoms with Crippen molar-refractivity contribution in [1.82, 2.24) is 15.0 Å². The highest BCUT2D eigenvalue weighted by Gasteiger charge is 2.06. The van der Waals surface area contributed by atoms with E-state index in [4.69, 9.17) is 4.74 Å². The van der Waals surface area contributed by atoms with Crippen LogP contribution in [-0.2, 0) is 6.42 Å². The van der Waals surface area contributed by atoms with E-state index in [0.29, 0.717) is 0 Å². The molecule has 17 heavy (non-hydrogen) atoms. The molecule has 0 unspecified atom stereocenters. The van der Waals surface area contributed by atoms with Crippen LogP contribution in [0.4, 0.5) is 0 Å². The summed E-state index contributed by atoms with van der Waals surface area (Å²) in [4.78, 5) is 10.6. The van der Waals surface area contributed by atoms with Crippen molar-refractivity contribution in [1.29, 1.82) is 0 Å². The van der Waals surface area contributed by atoms with Gasteiger partial charge >= 0.3 is 0 Å². The zero-order valence-electron chi connectivity index (χ0n) is 9.53. The van der Waals surface area contributed by atoms with Crippen LogP contribution in [0.3, 0.4) is 0 Å². The fourth-order valence-electron chi connectivity index (χ4n) is 2.01. The number of nitrogens with one attached hydrogen (secondary N) is 2. The minimum Gasteiger partial charge on any atom is -0.497 e. The topological polar surface area (TPSA) is 53.7 Å². The van der Waals surface area contributed by atoms with Crippen LogP contribution in [0.25, 0.3) is 10.9 Å². The molecule has 86 valence electrons. The van der Waals surface area contributed by atoms with Crippen LogP contribution in [-0.4, -0.2) is 22.1 Å². The van der Waals surface area contributed by atoms with Crippen molar-refractivity contribution in [3.63, 3.8) is 0 Å². The Hall–Kier alpha value is -2.23. The first-order chi connectivity index (χ1) is 8.36. The van der Waals surface area contributed by atoms with Gasteiger partial charge in [-0.15, -0.1) is 0 Å². The van der Waals surface area contributed by atoms with Crippen molar-refractivity contribution in [2.45, 2.75) is 6.42 Å². The normalized spacial score (nSPS) is 10.9. The average molecular weight is 227 g/mol. The Morgan fingerprint density at radius 3 is 3.00 bits per heavy atom. The number of nitrogens with zero attached hydrogens (tertiary/aromatic N) is 1. The maximum atomic E-state index is 5.24. The molecule has 2 aromatic heterocycles. The second-order valence-corrected chi connectivity index (χ2v) is 3.94. The van der Waals surface area contributed by atoms with Gasteiger partial charge < -0.3 is 14.7 Å². The van der Waals surface area contributed by atoms with E-state index in [-0.39, 0.29) is 0 Å². The zero-order valence-corrected chi connectivity index (χ0v) is 9.53. The lowest BCUT2D eigenvalue weighted by Crippen LogP contribution is -1.89. The lowest BCUT2D eigenvalue weighted by molar-refractivity contribution is 0.415. The number of aromatic nitrogens is 3. The molecule has 4 nitrogen and oxygen atoms in total. The molecule has 0 aliphatic carbocycles. The second kappa shape index (κ2) is 3.97. The number of fused-ring (bicyclic) bond motifs is 1. The molecule has 1 aromatic carbocycles. The summed E-state index contributed by atoms with van der Waals surface area (Å²) in [6.07, 6.45) is 6.42. The van der Waals surface area contributed by atoms with Gasteiger partial charge in [-0.25, -0.2) is 4.98 Å². The first kappa shape index (κ1) is 9.96. The molecule has 0 spiro atoms. The first-order valence-electron chi connectivity index (χ1n) is 5.49. The molecule has 3 rings (SSSR count). The number of methoxy groups -OCH3 is 1. The van der Waals surface area contributed by atoms with Crippen molar-refractivity contribution in [3.05, 3.63) is 48.2 Å². The molecular weight excluding hydrogens is 214 g/mol. The van der Waals surface area contributed by atoms with Gasteiger partial charge in [-0.05, 0) is 23.8 Å². The summed E-state index contributed by atoms with van der Waals surface area (Å²) < 4.78 is 5.24. The second-order valence-electron chi connectivity index (χ2n) is 3.94. The Balaban J connectivity index is 2.04. The van der Waals surface area contributed by atoms with E-state index >= 15 is 0 Å². The number of H-pyrrole nitrogens is 2. The van der Waals surface area contributed by atoms with E-state index < -0.39 is 0 Å². The fraction of sp³-hybridized carbons (Fsp3) is 0.154. The van der Waals surface area contributed by atoms with Gasteiger partial charge in [0.15, 0.2) is 0 Å². The summed E-state index contributed by atoms with van der Waals surface area (Å²) in [5, 5.41) is 1.18. The van der Waals surface area contributed by atoms with Crippen LogP contribution in [0.1, 0.15) is 11.4 Å². The van der Waals surface area contributed by atoms with Crippen molar-refractivity contribution in [2.75, 3.05) is 7.11 Å². The molecule has 0 aliphatic rings. The molecule has 0 fully saturated rings. The van der Waals surface area contributed by atoms with Crippen molar-refractivity contribution in [2.24, 2.45) is 0 Å². The molecule has 0 atom stereocenters. The Labute approximate surface area is 98.7 Å². The Morgan fingerprint density at radius 2 is 2.24 bits per heavy atom. The standard InChI is InChI=1S/C13H13N3O/c1-17-10-2-3-12-11(7-10)9(8-16-12)6-13-14-4-5-15-13/h2-5,7-8,16H,6H2,1H3,(H,14,15). The summed E-state index contributed by atoms with van der Waals surface area (Å²) in [6, 6.07) is 6.03. The van der Waals surface area contributed by atoms with Gasteiger partial charge in [0.1, 0.15) is 11.6 Å². The van der Waals surface area contributed by atoms with Crippen molar-refractivity contribution >= 4 is 10.9 Å². The number of imidazole rings is 1. The van der Waals surface area contributed by atoms with E-state index in [1.165, 1.54) is 10.9 Å². The predicted molar refractivity (Wildman–Crippen MR) is 66.2 cm³/mol. The molecule has 0 radical (unpaired) electrons. The van der Waals surface area contributed by atoms with Gasteiger partial charge in [0.25, 0.3) is 0 Å². The highest BCUT2D eigenvalue weighted by atomic mass is 16.5. The van der Waals surface area contributed by atoms with Crippen molar-refractivity contribution in [3.8, 4) is 5.75 Å². The van der Waals surface area contributed by atoms with Gasteiger partial charge in [-0.1, -0.05) is 0 Å². The monoisotopic (exact) mass is 227 g/mol. The van der Waals surface area contributed by atoms with E-state index in [1.807, 2.05) is 30.6 Å². The predicted octanol–water partition coefficient (Wildman–Crippen LogP) is 2.49. The minimum atomic E-state index is 0.792. The van der Waals surface area contributed by atoms with Crippen LogP contribution < -0.4 is 4.74 Å². The average Bonchev–Trinajstić information content (AvgIpc) is 2.99. The lowest BCUT2D eigenvalue weighted by Gasteiger charge is -2.00. The van der Waals surface area contributed by atoms with Gasteiger partial charge in [0, 0.05) is 35.9 Å². The highest BCUT2D eigenvalue weighted by Crippen LogP contribution is 2.24. The number of rotatable bonds is 3. The molecule has 2 N–H and O–H groups in total. The van der Waals surface area contributed by atoms with Gasteiger partial charge in [-0.2, -0.15) is 0 Å². The van der Waals surface area contributed by atoms with E-state index in [0.717, 1.165) is 23.5 Å². The van der Waals surface area contributed by atoms with Gasteiger partial charge in [0.2, 0.25) is 0 Å². The van der Waals surface area contributed by atoms with Crippen LogP contribution in [0.2, 0.25) is 0 Å². The van der Waals surface area contributed by atoms with Crippen LogP contribution >= 0.6 is 0 Å². The molecule has 3 aromatic rings. The maximum absolute atomic E-state index is 5.24. The van der Waals surface area contributed by atoms with E-state index in [1.54, 1.807) is 13.3 Å². The maximum Gasteiger partial charge on any atom is 0.119 e. The smallest absolute Gasteiger partial charge is 0.119 e. The third kappa shape index (κ3) is 1.78. The largest absolute Gasteiger partial charge is 0.497 e. The number of hydrogen-bond donors (Lipinski definition) is 2. The number of ether oxygens (including phenoxy) is 1. The first-order valence-corrected chi connectivity index (χ1v) is 5.49. The van der Waals surface area contributed by atoms with Crippen LogP contribution in [0.15, 0.2) is 36.8 Å². The number of aromatic amines is 2. The van der Waals surface area contributed by atoms with Gasteiger partial charge in [0.05, 0.1) is 7.11 Å². The molecule has 0 saturated heterocycles. The summed E-state index contributed by atoms with van der Waals surface area (Å²) >= 11 is 0. The molecule has 4 heteroatoms. The van der Waals surface area contributed by atoms with Gasteiger partial charge in [-0.3, -0.25) is 0 Å². The number of hydrogen-bond acceptors (Lipinski definition) is 2. The Kier molecular flexibility index (Phi) is 2.33. The fourth-order valence-corrected chi connectivity index (χ4v) is 2.01. The molecule has 0 amide bonds. The summed E-state index contributed by atoms with van der Waals surface area (Å²) in [7, 11) is 1.68. The summed E-state index contributed by atoms with van der Waals surface area (Å²) in [5.74, 6) is 1.84. The third-order valence-corrected chi connectivity index (χ3v) is 2.89. The molecular formula is C13H13N3O. The minimum absolute atomic E-state index is 0.792. The van der Waals surface area contributed by atoms with E-state index in [2.05, 4.69) is 15.0 Å². The molecule has 0 bridgehead atoms. The lowest BCUT2D eigenvalue weighted by atomic mass is 10.1. The number of benzene rings is 1. The van der Waals surface area contributed by atoms with Crippen molar-refractivity contribution < 1.29 is 4.74 Å². The quantitative estimate of drug-likeness (QED) is 0.722. The Morgan fingerprint density at radius 1 is 1.29 bits per heavy atom. The van der Waals surface area contributed by atoms with Crippen LogP contribution in [0.5, 0.6) is 5.75 Å². The molecule has 0 aliphatic heterocycles.